The van der Waals surface area contributed by atoms with Crippen molar-refractivity contribution in [1.29, 1.82) is 0 Å². The van der Waals surface area contributed by atoms with Gasteiger partial charge in [-0.15, -0.1) is 0 Å². The molecule has 9 nitrogen and oxygen atoms in total. The number of anilines is 1. The highest BCUT2D eigenvalue weighted by Crippen LogP contribution is 2.33. The van der Waals surface area contributed by atoms with Gasteiger partial charge in [0.25, 0.3) is 10.0 Å². The average molecular weight is 616 g/mol. The molecule has 42 heavy (non-hydrogen) atoms. The third kappa shape index (κ3) is 7.95. The molecule has 2 amide bonds. The number of ether oxygens (including phenoxy) is 2. The van der Waals surface area contributed by atoms with Crippen molar-refractivity contribution in [2.24, 2.45) is 0 Å². The van der Waals surface area contributed by atoms with E-state index < -0.39 is 28.5 Å². The molecule has 0 heterocycles. The summed E-state index contributed by atoms with van der Waals surface area (Å²) < 4.78 is 40.1. The molecule has 0 radical (unpaired) electrons. The number of rotatable bonds is 12. The maximum Gasteiger partial charge on any atom is 0.264 e. The van der Waals surface area contributed by atoms with E-state index in [-0.39, 0.29) is 29.1 Å². The molecule has 0 fully saturated rings. The van der Waals surface area contributed by atoms with Crippen LogP contribution in [0.1, 0.15) is 37.5 Å². The van der Waals surface area contributed by atoms with Crippen LogP contribution in [0.2, 0.25) is 5.02 Å². The highest BCUT2D eigenvalue weighted by Gasteiger charge is 2.33. The normalized spacial score (nSPS) is 12.0. The fourth-order valence-corrected chi connectivity index (χ4v) is 6.17. The first kappa shape index (κ1) is 32.8. The van der Waals surface area contributed by atoms with Crippen molar-refractivity contribution in [3.05, 3.63) is 82.4 Å². The Labute approximate surface area is 253 Å². The molecule has 0 unspecified atom stereocenters. The molecule has 0 spiro atoms. The lowest BCUT2D eigenvalue weighted by molar-refractivity contribution is -0.139. The van der Waals surface area contributed by atoms with Gasteiger partial charge in [0, 0.05) is 23.7 Å². The van der Waals surface area contributed by atoms with Gasteiger partial charge in [-0.1, -0.05) is 29.8 Å². The van der Waals surface area contributed by atoms with Gasteiger partial charge in [-0.25, -0.2) is 8.42 Å². The molecule has 226 valence electrons. The van der Waals surface area contributed by atoms with Crippen molar-refractivity contribution in [2.45, 2.75) is 58.1 Å². The van der Waals surface area contributed by atoms with Gasteiger partial charge in [-0.2, -0.15) is 0 Å². The second-order valence-electron chi connectivity index (χ2n) is 10.4. The zero-order chi connectivity index (χ0) is 31.2. The van der Waals surface area contributed by atoms with E-state index in [4.69, 9.17) is 21.1 Å². The maximum atomic E-state index is 14.2. The number of nitrogens with zero attached hydrogens (tertiary/aromatic N) is 2. The van der Waals surface area contributed by atoms with Crippen molar-refractivity contribution in [3.8, 4) is 11.5 Å². The van der Waals surface area contributed by atoms with Crippen molar-refractivity contribution in [3.63, 3.8) is 0 Å². The lowest BCUT2D eigenvalue weighted by atomic mass is 10.1. The molecule has 3 aromatic carbocycles. The minimum absolute atomic E-state index is 0.0448. The van der Waals surface area contributed by atoms with Crippen LogP contribution in [0.3, 0.4) is 0 Å². The van der Waals surface area contributed by atoms with E-state index in [9.17, 15) is 18.0 Å². The Morgan fingerprint density at radius 1 is 0.905 bits per heavy atom. The van der Waals surface area contributed by atoms with E-state index in [0.717, 1.165) is 15.4 Å². The van der Waals surface area contributed by atoms with Crippen LogP contribution >= 0.6 is 11.6 Å². The number of nitrogens with one attached hydrogen (secondary N) is 1. The Balaban J connectivity index is 2.11. The molecular weight excluding hydrogens is 578 g/mol. The van der Waals surface area contributed by atoms with Gasteiger partial charge in [0.2, 0.25) is 11.8 Å². The van der Waals surface area contributed by atoms with Gasteiger partial charge in [0.15, 0.2) is 11.5 Å². The number of benzene rings is 3. The molecule has 0 saturated carbocycles. The van der Waals surface area contributed by atoms with Gasteiger partial charge < -0.3 is 19.7 Å². The minimum atomic E-state index is -4.29. The third-order valence-corrected chi connectivity index (χ3v) is 8.56. The largest absolute Gasteiger partial charge is 0.493 e. The summed E-state index contributed by atoms with van der Waals surface area (Å²) in [5.74, 6) is -0.333. The van der Waals surface area contributed by atoms with Crippen LogP contribution in [0.5, 0.6) is 11.5 Å². The van der Waals surface area contributed by atoms with Crippen LogP contribution in [0.15, 0.2) is 65.6 Å². The van der Waals surface area contributed by atoms with Crippen LogP contribution in [0.4, 0.5) is 5.69 Å². The van der Waals surface area contributed by atoms with E-state index in [1.807, 2.05) is 33.8 Å². The van der Waals surface area contributed by atoms with Crippen LogP contribution in [0, 0.1) is 13.8 Å². The Bertz CT molecular complexity index is 1520. The number of carbonyl (C=O) groups excluding carboxylic acids is 2. The second-order valence-corrected chi connectivity index (χ2v) is 12.7. The molecule has 0 saturated heterocycles. The first-order chi connectivity index (χ1) is 19.8. The summed E-state index contributed by atoms with van der Waals surface area (Å²) in [6.07, 6.45) is 0. The molecule has 0 aliphatic heterocycles. The number of halogens is 1. The van der Waals surface area contributed by atoms with Gasteiger partial charge in [0.1, 0.15) is 12.6 Å². The zero-order valence-electron chi connectivity index (χ0n) is 25.0. The summed E-state index contributed by atoms with van der Waals surface area (Å²) in [6, 6.07) is 15.5. The molecule has 0 aliphatic rings. The van der Waals surface area contributed by atoms with E-state index >= 15 is 0 Å². The lowest BCUT2D eigenvalue weighted by Gasteiger charge is -2.32. The Morgan fingerprint density at radius 3 is 2.12 bits per heavy atom. The van der Waals surface area contributed by atoms with Gasteiger partial charge >= 0.3 is 0 Å². The number of hydrogen-bond acceptors (Lipinski definition) is 6. The molecular formula is C31H38ClN3O6S. The number of methoxy groups -OCH3 is 2. The van der Waals surface area contributed by atoms with Gasteiger partial charge in [0.05, 0.1) is 24.8 Å². The Kier molecular flexibility index (Phi) is 10.9. The molecule has 11 heteroatoms. The molecule has 0 bridgehead atoms. The van der Waals surface area contributed by atoms with Crippen LogP contribution < -0.4 is 19.1 Å². The van der Waals surface area contributed by atoms with Gasteiger partial charge in [-0.3, -0.25) is 13.9 Å². The predicted octanol–water partition coefficient (Wildman–Crippen LogP) is 5.11. The summed E-state index contributed by atoms with van der Waals surface area (Å²) in [5.41, 5.74) is 2.66. The highest BCUT2D eigenvalue weighted by atomic mass is 35.5. The predicted molar refractivity (Wildman–Crippen MR) is 165 cm³/mol. The Morgan fingerprint density at radius 2 is 1.55 bits per heavy atom. The summed E-state index contributed by atoms with van der Waals surface area (Å²) in [7, 11) is -1.42. The van der Waals surface area contributed by atoms with Crippen LogP contribution in [0.25, 0.3) is 0 Å². The van der Waals surface area contributed by atoms with Gasteiger partial charge in [-0.05, 0) is 87.7 Å². The Hall–Kier alpha value is -3.76. The van der Waals surface area contributed by atoms with Crippen molar-refractivity contribution >= 4 is 39.1 Å². The molecule has 1 N–H and O–H groups in total. The number of sulfonamides is 1. The topological polar surface area (TPSA) is 105 Å². The van der Waals surface area contributed by atoms with E-state index in [0.29, 0.717) is 22.0 Å². The molecule has 0 aliphatic carbocycles. The minimum Gasteiger partial charge on any atom is -0.493 e. The SMILES string of the molecule is COc1ccc(S(=O)(=O)N(CC(=O)N(Cc2cccc(Cl)c2)[C@H](C)C(=O)NC(C)C)c2cc(C)cc(C)c2)cc1OC. The van der Waals surface area contributed by atoms with E-state index in [1.165, 1.54) is 37.3 Å². The van der Waals surface area contributed by atoms with Crippen molar-refractivity contribution < 1.29 is 27.5 Å². The maximum absolute atomic E-state index is 14.2. The monoisotopic (exact) mass is 615 g/mol. The summed E-state index contributed by atoms with van der Waals surface area (Å²) >= 11 is 6.20. The zero-order valence-corrected chi connectivity index (χ0v) is 26.5. The number of aryl methyl sites for hydroxylation is 2. The molecule has 1 atom stereocenters. The number of carbonyl (C=O) groups is 2. The quantitative estimate of drug-likeness (QED) is 0.304. The first-order valence-electron chi connectivity index (χ1n) is 13.4. The smallest absolute Gasteiger partial charge is 0.264 e. The first-order valence-corrected chi connectivity index (χ1v) is 15.3. The average Bonchev–Trinajstić information content (AvgIpc) is 2.92. The van der Waals surface area contributed by atoms with Crippen LogP contribution in [-0.2, 0) is 26.2 Å². The fraction of sp³-hybridized carbons (Fsp3) is 0.355. The lowest BCUT2D eigenvalue weighted by Crippen LogP contribution is -2.52. The summed E-state index contributed by atoms with van der Waals surface area (Å²) in [4.78, 5) is 28.4. The van der Waals surface area contributed by atoms with Crippen molar-refractivity contribution in [1.82, 2.24) is 10.2 Å². The number of hydrogen-bond donors (Lipinski definition) is 1. The van der Waals surface area contributed by atoms with E-state index in [1.54, 1.807) is 43.3 Å². The van der Waals surface area contributed by atoms with Crippen LogP contribution in [-0.4, -0.2) is 58.0 Å². The summed E-state index contributed by atoms with van der Waals surface area (Å²) in [5, 5.41) is 3.32. The molecule has 0 aromatic heterocycles. The third-order valence-electron chi connectivity index (χ3n) is 6.56. The summed E-state index contributed by atoms with van der Waals surface area (Å²) in [6.45, 7) is 8.45. The molecule has 3 rings (SSSR count). The second kappa shape index (κ2) is 13.9. The highest BCUT2D eigenvalue weighted by molar-refractivity contribution is 7.92. The van der Waals surface area contributed by atoms with E-state index in [2.05, 4.69) is 5.32 Å². The molecule has 3 aromatic rings. The fourth-order valence-electron chi connectivity index (χ4n) is 4.55. The number of amides is 2. The van der Waals surface area contributed by atoms with Crippen molar-refractivity contribution in [2.75, 3.05) is 25.1 Å². The standard InChI is InChI=1S/C31H38ClN3O6S/c1-20(2)33-31(37)23(5)34(18-24-9-8-10-25(32)16-24)30(36)19-35(26-14-21(3)13-22(4)15-26)42(38,39)27-11-12-28(40-6)29(17-27)41-7/h8-17,20,23H,18-19H2,1-7H3,(H,33,37)/t23-/m1/s1.